The molecule has 0 bridgehead atoms. The molecule has 0 spiro atoms. The summed E-state index contributed by atoms with van der Waals surface area (Å²) in [6.45, 7) is 1.41. The molecule has 0 aliphatic rings. The number of carbonyl (C=O) groups is 1. The van der Waals surface area contributed by atoms with Gasteiger partial charge in [-0.25, -0.2) is 0 Å². The number of nitrogens with one attached hydrogen (secondary N) is 1. The molecule has 0 amide bonds. The Labute approximate surface area is 191 Å². The number of hydrogen-bond donors (Lipinski definition) is 3. The van der Waals surface area contributed by atoms with Gasteiger partial charge in [-0.05, 0) is 72.4 Å². The first kappa shape index (κ1) is 23.6. The van der Waals surface area contributed by atoms with Gasteiger partial charge in [-0.3, -0.25) is 4.79 Å². The van der Waals surface area contributed by atoms with E-state index in [4.69, 9.17) is 5.73 Å². The topological polar surface area (TPSA) is 75.3 Å². The van der Waals surface area contributed by atoms with Crippen LogP contribution in [0.4, 0.5) is 5.69 Å². The number of benzene rings is 3. The fourth-order valence-corrected chi connectivity index (χ4v) is 4.09. The quantitative estimate of drug-likeness (QED) is 0.338. The minimum Gasteiger partial charge on any atom is -0.481 e. The van der Waals surface area contributed by atoms with Crippen molar-refractivity contribution in [2.75, 3.05) is 18.4 Å². The van der Waals surface area contributed by atoms with Crippen LogP contribution in [0, 0.1) is 0 Å². The van der Waals surface area contributed by atoms with Gasteiger partial charge in [0.05, 0.1) is 6.42 Å². The molecule has 4 nitrogen and oxygen atoms in total. The second-order valence-electron chi connectivity index (χ2n) is 8.33. The van der Waals surface area contributed by atoms with E-state index in [0.717, 1.165) is 49.9 Å². The van der Waals surface area contributed by atoms with Gasteiger partial charge in [0.15, 0.2) is 0 Å². The highest BCUT2D eigenvalue weighted by molar-refractivity contribution is 5.68. The van der Waals surface area contributed by atoms with Crippen molar-refractivity contribution < 1.29 is 9.90 Å². The van der Waals surface area contributed by atoms with Crippen molar-refractivity contribution in [1.29, 1.82) is 0 Å². The average molecular weight is 431 g/mol. The lowest BCUT2D eigenvalue weighted by molar-refractivity contribution is -0.137. The third-order valence-electron chi connectivity index (χ3n) is 5.84. The van der Waals surface area contributed by atoms with Crippen molar-refractivity contribution in [2.24, 2.45) is 5.73 Å². The summed E-state index contributed by atoms with van der Waals surface area (Å²) in [5.41, 5.74) is 11.8. The number of hydrogen-bond acceptors (Lipinski definition) is 3. The van der Waals surface area contributed by atoms with Gasteiger partial charge < -0.3 is 16.2 Å². The second kappa shape index (κ2) is 12.7. The molecule has 0 aromatic heterocycles. The zero-order valence-electron chi connectivity index (χ0n) is 18.7. The number of aryl methyl sites for hydroxylation is 3. The molecule has 3 aromatic rings. The molecule has 0 aliphatic carbocycles. The van der Waals surface area contributed by atoms with Crippen LogP contribution in [0.3, 0.4) is 0 Å². The van der Waals surface area contributed by atoms with Gasteiger partial charge in [-0.1, -0.05) is 66.7 Å². The van der Waals surface area contributed by atoms with Crippen LogP contribution in [0.2, 0.25) is 0 Å². The van der Waals surface area contributed by atoms with Crippen molar-refractivity contribution in [1.82, 2.24) is 0 Å². The predicted molar refractivity (Wildman–Crippen MR) is 132 cm³/mol. The summed E-state index contributed by atoms with van der Waals surface area (Å²) in [4.78, 5) is 11.3. The molecule has 1 unspecified atom stereocenters. The lowest BCUT2D eigenvalue weighted by atomic mass is 9.90. The largest absolute Gasteiger partial charge is 0.481 e. The molecule has 3 rings (SSSR count). The molecule has 4 heteroatoms. The van der Waals surface area contributed by atoms with E-state index >= 15 is 0 Å². The standard InChI is InChI=1S/C28H34N2O2/c29-18-19-30-27-11-5-7-24(20-27)17-16-23-14-12-22(13-15-23)6-4-10-26(21-28(31)32)25-8-2-1-3-9-25/h1-3,5,7-9,11-15,20,26,30H,4,6,10,16-19,21,29H2,(H,31,32). The van der Waals surface area contributed by atoms with E-state index in [2.05, 4.69) is 53.8 Å². The summed E-state index contributed by atoms with van der Waals surface area (Å²) in [5.74, 6) is -0.660. The summed E-state index contributed by atoms with van der Waals surface area (Å²) in [6.07, 6.45) is 5.03. The summed E-state index contributed by atoms with van der Waals surface area (Å²) in [7, 11) is 0. The number of rotatable bonds is 13. The van der Waals surface area contributed by atoms with Crippen molar-refractivity contribution in [3.8, 4) is 0 Å². The number of carboxylic acid groups (broad SMARTS) is 1. The number of carboxylic acids is 1. The molecule has 4 N–H and O–H groups in total. The van der Waals surface area contributed by atoms with Crippen molar-refractivity contribution in [3.63, 3.8) is 0 Å². The molecule has 0 fully saturated rings. The second-order valence-corrected chi connectivity index (χ2v) is 8.33. The van der Waals surface area contributed by atoms with Gasteiger partial charge >= 0.3 is 5.97 Å². The number of anilines is 1. The van der Waals surface area contributed by atoms with Crippen LogP contribution in [-0.2, 0) is 24.1 Å². The smallest absolute Gasteiger partial charge is 0.303 e. The van der Waals surface area contributed by atoms with Gasteiger partial charge in [0.25, 0.3) is 0 Å². The SMILES string of the molecule is NCCNc1cccc(CCc2ccc(CCCC(CC(=O)O)c3ccccc3)cc2)c1. The molecule has 1 atom stereocenters. The van der Waals surface area contributed by atoms with E-state index < -0.39 is 5.97 Å². The van der Waals surface area contributed by atoms with Gasteiger partial charge in [-0.15, -0.1) is 0 Å². The Balaban J connectivity index is 1.47. The number of nitrogens with two attached hydrogens (primary N) is 1. The van der Waals surface area contributed by atoms with Gasteiger partial charge in [0, 0.05) is 18.8 Å². The Bertz CT molecular complexity index is 955. The van der Waals surface area contributed by atoms with Gasteiger partial charge in [-0.2, -0.15) is 0 Å². The van der Waals surface area contributed by atoms with Crippen LogP contribution in [0.5, 0.6) is 0 Å². The lowest BCUT2D eigenvalue weighted by Gasteiger charge is -2.15. The maximum absolute atomic E-state index is 11.3. The van der Waals surface area contributed by atoms with Crippen molar-refractivity contribution >= 4 is 11.7 Å². The third kappa shape index (κ3) is 7.86. The Hall–Kier alpha value is -3.11. The Morgan fingerprint density at radius 2 is 1.53 bits per heavy atom. The molecule has 168 valence electrons. The first-order valence-electron chi connectivity index (χ1n) is 11.5. The summed E-state index contributed by atoms with van der Waals surface area (Å²) in [6, 6.07) is 27.4. The number of aliphatic carboxylic acids is 1. The summed E-state index contributed by atoms with van der Waals surface area (Å²) in [5, 5.41) is 12.6. The van der Waals surface area contributed by atoms with E-state index in [9.17, 15) is 9.90 Å². The van der Waals surface area contributed by atoms with E-state index in [0.29, 0.717) is 6.54 Å². The van der Waals surface area contributed by atoms with Crippen molar-refractivity contribution in [2.45, 2.75) is 44.4 Å². The van der Waals surface area contributed by atoms with E-state index in [-0.39, 0.29) is 12.3 Å². The van der Waals surface area contributed by atoms with Crippen LogP contribution >= 0.6 is 0 Å². The molecule has 0 saturated heterocycles. The van der Waals surface area contributed by atoms with Crippen LogP contribution in [-0.4, -0.2) is 24.2 Å². The minimum absolute atomic E-state index is 0.0723. The van der Waals surface area contributed by atoms with Gasteiger partial charge in [0.1, 0.15) is 0 Å². The van der Waals surface area contributed by atoms with Crippen LogP contribution in [0.15, 0.2) is 78.9 Å². The zero-order valence-corrected chi connectivity index (χ0v) is 18.7. The monoisotopic (exact) mass is 430 g/mol. The van der Waals surface area contributed by atoms with E-state index in [1.165, 1.54) is 16.7 Å². The normalized spacial score (nSPS) is 11.8. The van der Waals surface area contributed by atoms with Gasteiger partial charge in [0.2, 0.25) is 0 Å². The Morgan fingerprint density at radius 1 is 0.844 bits per heavy atom. The molecule has 0 radical (unpaired) electrons. The lowest BCUT2D eigenvalue weighted by Crippen LogP contribution is -2.13. The Morgan fingerprint density at radius 3 is 2.22 bits per heavy atom. The molecule has 0 heterocycles. The van der Waals surface area contributed by atoms with Crippen molar-refractivity contribution in [3.05, 3.63) is 101 Å². The first-order chi connectivity index (χ1) is 15.6. The predicted octanol–water partition coefficient (Wildman–Crippen LogP) is 5.42. The molecule has 0 saturated carbocycles. The maximum Gasteiger partial charge on any atom is 0.303 e. The molecular formula is C28H34N2O2. The third-order valence-corrected chi connectivity index (χ3v) is 5.84. The zero-order chi connectivity index (χ0) is 22.6. The van der Waals surface area contributed by atoms with Crippen LogP contribution in [0.25, 0.3) is 0 Å². The maximum atomic E-state index is 11.3. The van der Waals surface area contributed by atoms with E-state index in [1.807, 2.05) is 30.3 Å². The minimum atomic E-state index is -0.732. The molecule has 0 aliphatic heterocycles. The summed E-state index contributed by atoms with van der Waals surface area (Å²) < 4.78 is 0. The highest BCUT2D eigenvalue weighted by Crippen LogP contribution is 2.26. The average Bonchev–Trinajstić information content (AvgIpc) is 2.82. The van der Waals surface area contributed by atoms with Crippen LogP contribution in [0.1, 0.15) is 47.4 Å². The first-order valence-corrected chi connectivity index (χ1v) is 11.5. The highest BCUT2D eigenvalue weighted by atomic mass is 16.4. The highest BCUT2D eigenvalue weighted by Gasteiger charge is 2.15. The molecular weight excluding hydrogens is 396 g/mol. The fourth-order valence-electron chi connectivity index (χ4n) is 4.09. The molecule has 3 aromatic carbocycles. The van der Waals surface area contributed by atoms with Crippen LogP contribution < -0.4 is 11.1 Å². The summed E-state index contributed by atoms with van der Waals surface area (Å²) >= 11 is 0. The Kier molecular flexibility index (Phi) is 9.33. The van der Waals surface area contributed by atoms with E-state index in [1.54, 1.807) is 0 Å². The fraction of sp³-hybridized carbons (Fsp3) is 0.321. The molecule has 32 heavy (non-hydrogen) atoms.